The van der Waals surface area contributed by atoms with Gasteiger partial charge in [0, 0.05) is 11.8 Å². The zero-order valence-corrected chi connectivity index (χ0v) is 11.8. The summed E-state index contributed by atoms with van der Waals surface area (Å²) in [6.45, 7) is 3.44. The van der Waals surface area contributed by atoms with E-state index in [0.717, 1.165) is 25.9 Å². The molecular weight excluding hydrogens is 274 g/mol. The third-order valence-corrected chi connectivity index (χ3v) is 5.07. The minimum absolute atomic E-state index is 0.0827. The minimum atomic E-state index is -3.45. The van der Waals surface area contributed by atoms with Gasteiger partial charge in [-0.3, -0.25) is 0 Å². The average Bonchev–Trinajstić information content (AvgIpc) is 2.33. The summed E-state index contributed by atoms with van der Waals surface area (Å²) in [5.74, 6) is 0.215. The average molecular weight is 290 g/mol. The van der Waals surface area contributed by atoms with Gasteiger partial charge in [-0.05, 0) is 38.8 Å². The number of piperidine rings is 1. The number of nitrogens with one attached hydrogen (secondary N) is 1. The van der Waals surface area contributed by atoms with E-state index < -0.39 is 9.84 Å². The van der Waals surface area contributed by atoms with Crippen LogP contribution in [0.2, 0.25) is 5.15 Å². The summed E-state index contributed by atoms with van der Waals surface area (Å²) in [5.41, 5.74) is 0.676. The first-order chi connectivity index (χ1) is 8.49. The zero-order valence-electron chi connectivity index (χ0n) is 10.2. The van der Waals surface area contributed by atoms with Crippen LogP contribution in [0.25, 0.3) is 0 Å². The molecule has 1 aromatic heterocycles. The van der Waals surface area contributed by atoms with Crippen molar-refractivity contribution >= 4 is 21.4 Å². The van der Waals surface area contributed by atoms with Crippen molar-refractivity contribution in [1.82, 2.24) is 15.3 Å². The van der Waals surface area contributed by atoms with Crippen LogP contribution in [0.5, 0.6) is 0 Å². The summed E-state index contributed by atoms with van der Waals surface area (Å²) in [4.78, 5) is 7.73. The van der Waals surface area contributed by atoms with Gasteiger partial charge in [-0.15, -0.1) is 0 Å². The molecule has 0 saturated carbocycles. The lowest BCUT2D eigenvalue weighted by atomic mass is 10.0. The van der Waals surface area contributed by atoms with Gasteiger partial charge in [0.2, 0.25) is 15.0 Å². The Labute approximate surface area is 112 Å². The van der Waals surface area contributed by atoms with Crippen molar-refractivity contribution in [3.8, 4) is 0 Å². The third kappa shape index (κ3) is 3.18. The maximum Gasteiger partial charge on any atom is 0.248 e. The Balaban J connectivity index is 2.16. The Morgan fingerprint density at radius 2 is 2.33 bits per heavy atom. The lowest BCUT2D eigenvalue weighted by Crippen LogP contribution is -2.34. The second-order valence-corrected chi connectivity index (χ2v) is 6.91. The Kier molecular flexibility index (Phi) is 4.19. The molecule has 0 bridgehead atoms. The lowest BCUT2D eigenvalue weighted by molar-refractivity contribution is 0.403. The quantitative estimate of drug-likeness (QED) is 0.669. The molecule has 100 valence electrons. The van der Waals surface area contributed by atoms with Gasteiger partial charge in [0.25, 0.3) is 0 Å². The van der Waals surface area contributed by atoms with Gasteiger partial charge < -0.3 is 5.32 Å². The van der Waals surface area contributed by atoms with Crippen LogP contribution in [0.15, 0.2) is 11.4 Å². The molecule has 1 aliphatic heterocycles. The van der Waals surface area contributed by atoms with Crippen LogP contribution in [0.1, 0.15) is 18.4 Å². The SMILES string of the molecule is Cc1cnc(S(=O)(=O)C[C@@H]2CCCNC2)nc1Cl. The molecule has 0 radical (unpaired) electrons. The van der Waals surface area contributed by atoms with Crippen LogP contribution in [-0.4, -0.2) is 37.2 Å². The summed E-state index contributed by atoms with van der Waals surface area (Å²) < 4.78 is 24.3. The summed E-state index contributed by atoms with van der Waals surface area (Å²) >= 11 is 5.83. The van der Waals surface area contributed by atoms with Gasteiger partial charge in [-0.25, -0.2) is 18.4 Å². The smallest absolute Gasteiger partial charge is 0.248 e. The fourth-order valence-corrected chi connectivity index (χ4v) is 3.68. The third-order valence-electron chi connectivity index (χ3n) is 3.02. The van der Waals surface area contributed by atoms with E-state index >= 15 is 0 Å². The van der Waals surface area contributed by atoms with E-state index in [0.29, 0.717) is 5.56 Å². The second-order valence-electron chi connectivity index (χ2n) is 4.62. The fraction of sp³-hybridized carbons (Fsp3) is 0.636. The Hall–Kier alpha value is -0.720. The van der Waals surface area contributed by atoms with Gasteiger partial charge in [-0.2, -0.15) is 0 Å². The standard InChI is InChI=1S/C11H16ClN3O2S/c1-8-5-14-11(15-10(8)12)18(16,17)7-9-3-2-4-13-6-9/h5,9,13H,2-4,6-7H2,1H3/t9-/m1/s1. The summed E-state index contributed by atoms with van der Waals surface area (Å²) in [6.07, 6.45) is 3.38. The molecule has 0 aromatic carbocycles. The molecule has 1 fully saturated rings. The topological polar surface area (TPSA) is 72.0 Å². The molecule has 1 N–H and O–H groups in total. The van der Waals surface area contributed by atoms with E-state index in [4.69, 9.17) is 11.6 Å². The van der Waals surface area contributed by atoms with Crippen molar-refractivity contribution in [1.29, 1.82) is 0 Å². The number of nitrogens with zero attached hydrogens (tertiary/aromatic N) is 2. The van der Waals surface area contributed by atoms with Crippen LogP contribution in [-0.2, 0) is 9.84 Å². The van der Waals surface area contributed by atoms with E-state index in [2.05, 4.69) is 15.3 Å². The van der Waals surface area contributed by atoms with Crippen LogP contribution >= 0.6 is 11.6 Å². The molecule has 0 unspecified atom stereocenters. The van der Waals surface area contributed by atoms with Crippen LogP contribution in [0.4, 0.5) is 0 Å². The molecule has 0 aliphatic carbocycles. The van der Waals surface area contributed by atoms with E-state index in [1.165, 1.54) is 6.20 Å². The number of aryl methyl sites for hydroxylation is 1. The molecular formula is C11H16ClN3O2S. The Morgan fingerprint density at radius 3 is 2.94 bits per heavy atom. The predicted molar refractivity (Wildman–Crippen MR) is 69.4 cm³/mol. The van der Waals surface area contributed by atoms with Crippen LogP contribution in [0.3, 0.4) is 0 Å². The van der Waals surface area contributed by atoms with Crippen molar-refractivity contribution in [2.45, 2.75) is 24.9 Å². The summed E-state index contributed by atoms with van der Waals surface area (Å²) in [5, 5.41) is 3.23. The fourth-order valence-electron chi connectivity index (χ4n) is 2.01. The second kappa shape index (κ2) is 5.50. The van der Waals surface area contributed by atoms with Gasteiger partial charge in [-0.1, -0.05) is 11.6 Å². The van der Waals surface area contributed by atoms with E-state index in [1.54, 1.807) is 6.92 Å². The number of halogens is 1. The van der Waals surface area contributed by atoms with Crippen LogP contribution in [0, 0.1) is 12.8 Å². The predicted octanol–water partition coefficient (Wildman–Crippen LogP) is 1.21. The molecule has 2 heterocycles. The highest BCUT2D eigenvalue weighted by molar-refractivity contribution is 7.91. The molecule has 0 amide bonds. The number of hydrogen-bond donors (Lipinski definition) is 1. The molecule has 1 aliphatic rings. The molecule has 1 saturated heterocycles. The number of rotatable bonds is 3. The lowest BCUT2D eigenvalue weighted by Gasteiger charge is -2.21. The van der Waals surface area contributed by atoms with Gasteiger partial charge >= 0.3 is 0 Å². The van der Waals surface area contributed by atoms with E-state index in [9.17, 15) is 8.42 Å². The molecule has 0 spiro atoms. The Bertz CT molecular complexity index is 527. The van der Waals surface area contributed by atoms with E-state index in [1.807, 2.05) is 0 Å². The van der Waals surface area contributed by atoms with Crippen LogP contribution < -0.4 is 5.32 Å². The number of aromatic nitrogens is 2. The number of sulfone groups is 1. The molecule has 5 nitrogen and oxygen atoms in total. The molecule has 1 aromatic rings. The maximum atomic E-state index is 12.2. The first kappa shape index (κ1) is 13.7. The largest absolute Gasteiger partial charge is 0.316 e. The van der Waals surface area contributed by atoms with Gasteiger partial charge in [0.1, 0.15) is 5.15 Å². The molecule has 1 atom stereocenters. The molecule has 18 heavy (non-hydrogen) atoms. The minimum Gasteiger partial charge on any atom is -0.316 e. The highest BCUT2D eigenvalue weighted by atomic mass is 35.5. The zero-order chi connectivity index (χ0) is 13.2. The first-order valence-electron chi connectivity index (χ1n) is 5.91. The summed E-state index contributed by atoms with van der Waals surface area (Å²) in [6, 6.07) is 0. The highest BCUT2D eigenvalue weighted by Gasteiger charge is 2.25. The Morgan fingerprint density at radius 1 is 1.56 bits per heavy atom. The van der Waals surface area contributed by atoms with E-state index in [-0.39, 0.29) is 22.0 Å². The highest BCUT2D eigenvalue weighted by Crippen LogP contribution is 2.18. The van der Waals surface area contributed by atoms with Crippen molar-refractivity contribution in [2.24, 2.45) is 5.92 Å². The molecule has 7 heteroatoms. The molecule has 2 rings (SSSR count). The van der Waals surface area contributed by atoms with Crippen molar-refractivity contribution in [3.05, 3.63) is 16.9 Å². The number of hydrogen-bond acceptors (Lipinski definition) is 5. The maximum absolute atomic E-state index is 12.2. The van der Waals surface area contributed by atoms with Crippen molar-refractivity contribution in [3.63, 3.8) is 0 Å². The summed E-state index contributed by atoms with van der Waals surface area (Å²) in [7, 11) is -3.45. The monoisotopic (exact) mass is 289 g/mol. The van der Waals surface area contributed by atoms with Crippen molar-refractivity contribution in [2.75, 3.05) is 18.8 Å². The van der Waals surface area contributed by atoms with Crippen molar-refractivity contribution < 1.29 is 8.42 Å². The normalized spacial score (nSPS) is 20.9. The first-order valence-corrected chi connectivity index (χ1v) is 7.94. The van der Waals surface area contributed by atoms with Gasteiger partial charge in [0.15, 0.2) is 0 Å². The van der Waals surface area contributed by atoms with Gasteiger partial charge in [0.05, 0.1) is 5.75 Å².